The Labute approximate surface area is 153 Å². The number of hydrogen-bond donors (Lipinski definition) is 3. The molecule has 3 amide bonds. The maximum absolute atomic E-state index is 12.5. The van der Waals surface area contributed by atoms with Crippen molar-refractivity contribution in [3.8, 4) is 0 Å². The van der Waals surface area contributed by atoms with E-state index in [2.05, 4.69) is 16.0 Å². The average Bonchev–Trinajstić information content (AvgIpc) is 2.60. The molecule has 0 fully saturated rings. The number of anilines is 1. The second-order valence-electron chi connectivity index (χ2n) is 6.24. The molecule has 3 N–H and O–H groups in total. The molecule has 2 aromatic carbocycles. The van der Waals surface area contributed by atoms with Gasteiger partial charge in [0, 0.05) is 12.6 Å². The van der Waals surface area contributed by atoms with Crippen LogP contribution in [0.1, 0.15) is 35.3 Å². The number of benzene rings is 2. The van der Waals surface area contributed by atoms with Crippen LogP contribution in [0.25, 0.3) is 0 Å². The summed E-state index contributed by atoms with van der Waals surface area (Å²) < 4.78 is 0. The molecule has 0 aliphatic carbocycles. The predicted octanol–water partition coefficient (Wildman–Crippen LogP) is 2.39. The van der Waals surface area contributed by atoms with Gasteiger partial charge in [-0.2, -0.15) is 0 Å². The molecule has 0 aromatic heterocycles. The van der Waals surface area contributed by atoms with Gasteiger partial charge in [-0.1, -0.05) is 36.4 Å². The normalized spacial score (nSPS) is 10.3. The number of carbonyl (C=O) groups is 3. The quantitative estimate of drug-likeness (QED) is 0.721. The van der Waals surface area contributed by atoms with E-state index >= 15 is 0 Å². The third-order valence-electron chi connectivity index (χ3n) is 3.75. The van der Waals surface area contributed by atoms with E-state index in [1.54, 1.807) is 38.1 Å². The van der Waals surface area contributed by atoms with Gasteiger partial charge in [0.1, 0.15) is 0 Å². The van der Waals surface area contributed by atoms with Crippen molar-refractivity contribution in [1.82, 2.24) is 10.6 Å². The fourth-order valence-electron chi connectivity index (χ4n) is 2.38. The zero-order chi connectivity index (χ0) is 19.1. The van der Waals surface area contributed by atoms with Gasteiger partial charge in [0.25, 0.3) is 5.91 Å². The van der Waals surface area contributed by atoms with Gasteiger partial charge in [-0.25, -0.2) is 0 Å². The number of para-hydroxylation sites is 1. The van der Waals surface area contributed by atoms with E-state index in [1.807, 2.05) is 31.2 Å². The molecule has 2 aromatic rings. The summed E-state index contributed by atoms with van der Waals surface area (Å²) in [4.78, 5) is 36.3. The van der Waals surface area contributed by atoms with Gasteiger partial charge in [0.2, 0.25) is 0 Å². The predicted molar refractivity (Wildman–Crippen MR) is 101 cm³/mol. The summed E-state index contributed by atoms with van der Waals surface area (Å²) in [5, 5.41) is 7.85. The van der Waals surface area contributed by atoms with Crippen LogP contribution in [0.2, 0.25) is 0 Å². The third kappa shape index (κ3) is 5.17. The van der Waals surface area contributed by atoms with Crippen molar-refractivity contribution < 1.29 is 14.4 Å². The van der Waals surface area contributed by atoms with Crippen molar-refractivity contribution in [3.63, 3.8) is 0 Å². The van der Waals surface area contributed by atoms with E-state index in [0.29, 0.717) is 17.8 Å². The number of nitrogens with one attached hydrogen (secondary N) is 3. The van der Waals surface area contributed by atoms with E-state index < -0.39 is 11.8 Å². The highest BCUT2D eigenvalue weighted by atomic mass is 16.2. The summed E-state index contributed by atoms with van der Waals surface area (Å²) in [6.45, 7) is 5.88. The lowest BCUT2D eigenvalue weighted by Gasteiger charge is -2.13. The van der Waals surface area contributed by atoms with Crippen molar-refractivity contribution in [2.75, 3.05) is 5.32 Å². The summed E-state index contributed by atoms with van der Waals surface area (Å²) in [6.07, 6.45) is 0. The van der Waals surface area contributed by atoms with Crippen LogP contribution in [0, 0.1) is 6.92 Å². The van der Waals surface area contributed by atoms with Crippen LogP contribution in [0.15, 0.2) is 48.5 Å². The second kappa shape index (κ2) is 8.80. The highest BCUT2D eigenvalue weighted by Gasteiger charge is 2.18. The lowest BCUT2D eigenvalue weighted by molar-refractivity contribution is -0.136. The fourth-order valence-corrected chi connectivity index (χ4v) is 2.38. The number of amides is 3. The molecule has 0 saturated heterocycles. The maximum Gasteiger partial charge on any atom is 0.313 e. The van der Waals surface area contributed by atoms with Crippen LogP contribution < -0.4 is 16.0 Å². The van der Waals surface area contributed by atoms with E-state index in [1.165, 1.54) is 0 Å². The molecule has 2 rings (SSSR count). The van der Waals surface area contributed by atoms with Crippen molar-refractivity contribution in [1.29, 1.82) is 0 Å². The number of aryl methyl sites for hydroxylation is 1. The van der Waals surface area contributed by atoms with E-state index in [0.717, 1.165) is 11.1 Å². The zero-order valence-electron chi connectivity index (χ0n) is 15.1. The monoisotopic (exact) mass is 353 g/mol. The largest absolute Gasteiger partial charge is 0.348 e. The topological polar surface area (TPSA) is 87.3 Å². The lowest BCUT2D eigenvalue weighted by atomic mass is 10.1. The minimum Gasteiger partial charge on any atom is -0.348 e. The Morgan fingerprint density at radius 3 is 2.27 bits per heavy atom. The number of hydrogen-bond acceptors (Lipinski definition) is 3. The second-order valence-corrected chi connectivity index (χ2v) is 6.24. The van der Waals surface area contributed by atoms with Crippen molar-refractivity contribution in [2.45, 2.75) is 33.4 Å². The Hall–Kier alpha value is -3.15. The smallest absolute Gasteiger partial charge is 0.313 e. The average molecular weight is 353 g/mol. The van der Waals surface area contributed by atoms with E-state index in [4.69, 9.17) is 0 Å². The van der Waals surface area contributed by atoms with Gasteiger partial charge in [-0.05, 0) is 44.0 Å². The van der Waals surface area contributed by atoms with Crippen LogP contribution in [0.5, 0.6) is 0 Å². The van der Waals surface area contributed by atoms with E-state index in [9.17, 15) is 14.4 Å². The summed E-state index contributed by atoms with van der Waals surface area (Å²) in [5.41, 5.74) is 2.68. The van der Waals surface area contributed by atoms with Crippen LogP contribution in [0.3, 0.4) is 0 Å². The highest BCUT2D eigenvalue weighted by molar-refractivity contribution is 6.40. The lowest BCUT2D eigenvalue weighted by Crippen LogP contribution is -2.39. The molecule has 0 heterocycles. The van der Waals surface area contributed by atoms with Crippen molar-refractivity contribution >= 4 is 23.4 Å². The molecule has 0 atom stereocenters. The van der Waals surface area contributed by atoms with E-state index in [-0.39, 0.29) is 11.9 Å². The summed E-state index contributed by atoms with van der Waals surface area (Å²) >= 11 is 0. The molecular formula is C20H23N3O3. The molecule has 0 aliphatic rings. The Morgan fingerprint density at radius 2 is 1.58 bits per heavy atom. The van der Waals surface area contributed by atoms with Gasteiger partial charge in [-0.15, -0.1) is 0 Å². The molecule has 136 valence electrons. The molecule has 0 unspecified atom stereocenters. The molecule has 6 heteroatoms. The van der Waals surface area contributed by atoms with Crippen LogP contribution >= 0.6 is 0 Å². The zero-order valence-corrected chi connectivity index (χ0v) is 15.1. The summed E-state index contributed by atoms with van der Waals surface area (Å²) in [6, 6.07) is 14.2. The molecule has 6 nitrogen and oxygen atoms in total. The standard InChI is InChI=1S/C20H23N3O3/c1-13(2)22-19(25)20(26)23-17-11-7-6-10-16(17)18(24)21-12-15-9-5-4-8-14(15)3/h4-11,13H,12H2,1-3H3,(H,21,24)(H,22,25)(H,23,26). The molecule has 0 aliphatic heterocycles. The number of carbonyl (C=O) groups excluding carboxylic acids is 3. The Morgan fingerprint density at radius 1 is 0.923 bits per heavy atom. The Bertz CT molecular complexity index is 815. The minimum atomic E-state index is -0.808. The summed E-state index contributed by atoms with van der Waals surface area (Å²) in [5.74, 6) is -1.87. The highest BCUT2D eigenvalue weighted by Crippen LogP contribution is 2.15. The van der Waals surface area contributed by atoms with Crippen LogP contribution in [0.4, 0.5) is 5.69 Å². The Balaban J connectivity index is 2.08. The first-order valence-electron chi connectivity index (χ1n) is 8.42. The van der Waals surface area contributed by atoms with Crippen molar-refractivity contribution in [3.05, 3.63) is 65.2 Å². The molecule has 0 saturated carbocycles. The SMILES string of the molecule is Cc1ccccc1CNC(=O)c1ccccc1NC(=O)C(=O)NC(C)C. The van der Waals surface area contributed by atoms with Gasteiger partial charge in [0.05, 0.1) is 11.3 Å². The first-order valence-corrected chi connectivity index (χ1v) is 8.42. The van der Waals surface area contributed by atoms with Crippen molar-refractivity contribution in [2.24, 2.45) is 0 Å². The molecule has 26 heavy (non-hydrogen) atoms. The minimum absolute atomic E-state index is 0.152. The molecule has 0 spiro atoms. The maximum atomic E-state index is 12.5. The first-order chi connectivity index (χ1) is 12.4. The third-order valence-corrected chi connectivity index (χ3v) is 3.75. The van der Waals surface area contributed by atoms with Gasteiger partial charge >= 0.3 is 11.8 Å². The molecule has 0 radical (unpaired) electrons. The fraction of sp³-hybridized carbons (Fsp3) is 0.250. The Kier molecular flexibility index (Phi) is 6.49. The molecular weight excluding hydrogens is 330 g/mol. The van der Waals surface area contributed by atoms with Crippen LogP contribution in [-0.4, -0.2) is 23.8 Å². The van der Waals surface area contributed by atoms with Crippen LogP contribution in [-0.2, 0) is 16.1 Å². The van der Waals surface area contributed by atoms with Gasteiger partial charge in [-0.3, -0.25) is 14.4 Å². The number of rotatable bonds is 5. The first kappa shape index (κ1) is 19.2. The summed E-state index contributed by atoms with van der Waals surface area (Å²) in [7, 11) is 0. The van der Waals surface area contributed by atoms with Gasteiger partial charge in [0.15, 0.2) is 0 Å². The van der Waals surface area contributed by atoms with Gasteiger partial charge < -0.3 is 16.0 Å². The molecule has 0 bridgehead atoms.